The molecular weight excluding hydrogens is 442 g/mol. The number of nitrogens with zero attached hydrogens (tertiary/aromatic N) is 2. The van der Waals surface area contributed by atoms with E-state index in [9.17, 15) is 14.4 Å². The van der Waals surface area contributed by atoms with E-state index in [2.05, 4.69) is 34.4 Å². The van der Waals surface area contributed by atoms with E-state index in [0.29, 0.717) is 12.4 Å². The minimum absolute atomic E-state index is 0.0377. The second-order valence-corrected chi connectivity index (χ2v) is 11.3. The molecule has 8 heteroatoms. The fraction of sp³-hybridized carbons (Fsp3) is 0.630. The van der Waals surface area contributed by atoms with Crippen LogP contribution in [0, 0.1) is 18.3 Å². The van der Waals surface area contributed by atoms with Crippen molar-refractivity contribution >= 4 is 28.8 Å². The van der Waals surface area contributed by atoms with Crippen LogP contribution >= 0.6 is 0 Å². The van der Waals surface area contributed by atoms with Crippen LogP contribution in [0.2, 0.25) is 0 Å². The van der Waals surface area contributed by atoms with Gasteiger partial charge in [-0.05, 0) is 69.9 Å². The molecule has 0 unspecified atom stereocenters. The monoisotopic (exact) mass is 481 g/mol. The third-order valence-electron chi connectivity index (χ3n) is 7.61. The Balaban J connectivity index is 1.47. The molecule has 35 heavy (non-hydrogen) atoms. The van der Waals surface area contributed by atoms with E-state index in [1.54, 1.807) is 0 Å². The lowest BCUT2D eigenvalue weighted by Crippen LogP contribution is -2.54. The Hall–Kier alpha value is -2.90. The smallest absolute Gasteiger partial charge is 0.243 e. The van der Waals surface area contributed by atoms with Gasteiger partial charge in [-0.3, -0.25) is 14.4 Å². The number of aryl methyl sites for hydroxylation is 1. The molecule has 2 fully saturated rings. The van der Waals surface area contributed by atoms with Crippen molar-refractivity contribution in [2.24, 2.45) is 11.3 Å². The fourth-order valence-corrected chi connectivity index (χ4v) is 5.50. The van der Waals surface area contributed by atoms with Crippen molar-refractivity contribution in [3.63, 3.8) is 0 Å². The number of piperidine rings is 1. The number of carbonyl (C=O) groups excluding carboxylic acids is 3. The fourth-order valence-electron chi connectivity index (χ4n) is 5.50. The van der Waals surface area contributed by atoms with Crippen LogP contribution < -0.4 is 10.6 Å². The van der Waals surface area contributed by atoms with Crippen molar-refractivity contribution in [3.8, 4) is 0 Å². The predicted octanol–water partition coefficient (Wildman–Crippen LogP) is 3.76. The predicted molar refractivity (Wildman–Crippen MR) is 135 cm³/mol. The lowest BCUT2D eigenvalue weighted by molar-refractivity contribution is -0.140. The van der Waals surface area contributed by atoms with Gasteiger partial charge in [0.25, 0.3) is 0 Å². The number of aromatic nitrogens is 2. The number of rotatable bonds is 7. The Bertz CT molecular complexity index is 1100. The summed E-state index contributed by atoms with van der Waals surface area (Å²) in [4.78, 5) is 49.2. The second-order valence-electron chi connectivity index (χ2n) is 11.3. The molecule has 8 nitrogen and oxygen atoms in total. The minimum atomic E-state index is -0.915. The number of para-hydroxylation sites is 1. The topological polar surface area (TPSA) is 107 Å². The highest BCUT2D eigenvalue weighted by Gasteiger charge is 2.41. The third-order valence-corrected chi connectivity index (χ3v) is 7.61. The summed E-state index contributed by atoms with van der Waals surface area (Å²) in [6, 6.07) is 4.75. The Morgan fingerprint density at radius 3 is 2.60 bits per heavy atom. The van der Waals surface area contributed by atoms with Crippen LogP contribution in [0.5, 0.6) is 0 Å². The molecule has 1 saturated carbocycles. The molecule has 4 rings (SSSR count). The zero-order valence-corrected chi connectivity index (χ0v) is 21.6. The molecule has 1 saturated heterocycles. The van der Waals surface area contributed by atoms with Crippen molar-refractivity contribution < 1.29 is 14.4 Å². The van der Waals surface area contributed by atoms with E-state index in [4.69, 9.17) is 0 Å². The highest BCUT2D eigenvalue weighted by atomic mass is 16.2. The molecule has 1 aliphatic heterocycles. The average molecular weight is 482 g/mol. The van der Waals surface area contributed by atoms with Gasteiger partial charge in [0.05, 0.1) is 23.5 Å². The number of carbonyl (C=O) groups is 3. The first-order valence-corrected chi connectivity index (χ1v) is 12.9. The molecule has 0 spiro atoms. The van der Waals surface area contributed by atoms with Crippen LogP contribution in [0.25, 0.3) is 11.0 Å². The summed E-state index contributed by atoms with van der Waals surface area (Å²) in [7, 11) is 0. The van der Waals surface area contributed by atoms with Crippen LogP contribution in [-0.4, -0.2) is 51.2 Å². The van der Waals surface area contributed by atoms with Crippen LogP contribution in [0.3, 0.4) is 0 Å². The van der Waals surface area contributed by atoms with E-state index in [-0.39, 0.29) is 41.5 Å². The highest BCUT2D eigenvalue weighted by Crippen LogP contribution is 2.44. The van der Waals surface area contributed by atoms with Crippen LogP contribution in [0.4, 0.5) is 0 Å². The normalized spacial score (nSPS) is 21.7. The molecule has 1 aliphatic carbocycles. The molecule has 2 aliphatic rings. The number of aromatic amines is 1. The van der Waals surface area contributed by atoms with Gasteiger partial charge in [-0.2, -0.15) is 0 Å². The number of fused-ring (bicyclic) bond motifs is 1. The maximum absolute atomic E-state index is 13.4. The standard InChI is InChI=1S/C27H39N5O3/c1-16-9-8-11-20-23(16)31-24(29-20)18(3)28-26(35)21(30-25(34)19-14-27(4,5)15-19)13-22(33)32-12-7-6-10-17(32)2/h8-9,11,17-19,21H,6-7,10,12-15H2,1-5H3,(H,28,35)(H,29,31)(H,30,34)/t17-,18-,21-/m0/s1. The first-order chi connectivity index (χ1) is 16.5. The summed E-state index contributed by atoms with van der Waals surface area (Å²) in [6.45, 7) is 10.9. The van der Waals surface area contributed by atoms with Gasteiger partial charge in [0, 0.05) is 18.5 Å². The zero-order chi connectivity index (χ0) is 25.3. The van der Waals surface area contributed by atoms with E-state index >= 15 is 0 Å². The number of hydrogen-bond acceptors (Lipinski definition) is 4. The first kappa shape index (κ1) is 25.2. The molecule has 1 aromatic carbocycles. The largest absolute Gasteiger partial charge is 0.345 e. The molecule has 3 amide bonds. The van der Waals surface area contributed by atoms with E-state index in [1.165, 1.54) is 0 Å². The van der Waals surface area contributed by atoms with Crippen molar-refractivity contribution in [1.29, 1.82) is 0 Å². The number of hydrogen-bond donors (Lipinski definition) is 3. The minimum Gasteiger partial charge on any atom is -0.345 e. The lowest BCUT2D eigenvalue weighted by atomic mass is 9.64. The van der Waals surface area contributed by atoms with Gasteiger partial charge in [0.15, 0.2) is 0 Å². The second kappa shape index (κ2) is 9.99. The highest BCUT2D eigenvalue weighted by molar-refractivity contribution is 5.93. The van der Waals surface area contributed by atoms with Gasteiger partial charge in [-0.1, -0.05) is 26.0 Å². The number of H-pyrrole nitrogens is 1. The Morgan fingerprint density at radius 2 is 1.94 bits per heavy atom. The Kier molecular flexibility index (Phi) is 7.20. The first-order valence-electron chi connectivity index (χ1n) is 12.9. The van der Waals surface area contributed by atoms with Gasteiger partial charge in [0.2, 0.25) is 17.7 Å². The molecular formula is C27H39N5O3. The van der Waals surface area contributed by atoms with E-state index in [0.717, 1.165) is 48.7 Å². The SMILES string of the molecule is Cc1cccc2[nH]c([C@H](C)NC(=O)[C@H](CC(=O)N3CCCC[C@@H]3C)NC(=O)C3CC(C)(C)C3)nc12. The maximum atomic E-state index is 13.4. The Labute approximate surface area is 207 Å². The van der Waals surface area contributed by atoms with Crippen LogP contribution in [-0.2, 0) is 14.4 Å². The number of likely N-dealkylation sites (tertiary alicyclic amines) is 1. The summed E-state index contributed by atoms with van der Waals surface area (Å²) in [6.07, 6.45) is 4.59. The van der Waals surface area contributed by atoms with Crippen molar-refractivity contribution in [2.75, 3.05) is 6.54 Å². The summed E-state index contributed by atoms with van der Waals surface area (Å²) < 4.78 is 0. The summed E-state index contributed by atoms with van der Waals surface area (Å²) in [5.41, 5.74) is 2.98. The number of imidazole rings is 1. The van der Waals surface area contributed by atoms with Crippen LogP contribution in [0.15, 0.2) is 18.2 Å². The van der Waals surface area contributed by atoms with Crippen molar-refractivity contribution in [3.05, 3.63) is 29.6 Å². The average Bonchev–Trinajstić information content (AvgIpc) is 3.23. The van der Waals surface area contributed by atoms with Crippen molar-refractivity contribution in [1.82, 2.24) is 25.5 Å². The number of benzene rings is 1. The number of amides is 3. The summed E-state index contributed by atoms with van der Waals surface area (Å²) in [5, 5.41) is 5.88. The molecule has 2 aromatic rings. The van der Waals surface area contributed by atoms with E-state index in [1.807, 2.05) is 43.9 Å². The van der Waals surface area contributed by atoms with E-state index < -0.39 is 12.1 Å². The molecule has 190 valence electrons. The third kappa shape index (κ3) is 5.68. The molecule has 2 heterocycles. The lowest BCUT2D eigenvalue weighted by Gasteiger charge is -2.42. The summed E-state index contributed by atoms with van der Waals surface area (Å²) >= 11 is 0. The van der Waals surface area contributed by atoms with Gasteiger partial charge in [-0.15, -0.1) is 0 Å². The molecule has 3 N–H and O–H groups in total. The van der Waals surface area contributed by atoms with Gasteiger partial charge in [-0.25, -0.2) is 4.98 Å². The summed E-state index contributed by atoms with van der Waals surface area (Å²) in [5.74, 6) is -0.0567. The van der Waals surface area contributed by atoms with Gasteiger partial charge < -0.3 is 20.5 Å². The molecule has 1 aromatic heterocycles. The van der Waals surface area contributed by atoms with Gasteiger partial charge >= 0.3 is 0 Å². The molecule has 3 atom stereocenters. The van der Waals surface area contributed by atoms with Crippen molar-refractivity contribution in [2.45, 2.75) is 91.3 Å². The quantitative estimate of drug-likeness (QED) is 0.560. The molecule has 0 radical (unpaired) electrons. The van der Waals surface area contributed by atoms with Gasteiger partial charge in [0.1, 0.15) is 11.9 Å². The maximum Gasteiger partial charge on any atom is 0.243 e. The number of nitrogens with one attached hydrogen (secondary N) is 3. The molecule has 0 bridgehead atoms. The van der Waals surface area contributed by atoms with Crippen LogP contribution in [0.1, 0.15) is 83.6 Å². The Morgan fingerprint density at radius 1 is 1.20 bits per heavy atom. The zero-order valence-electron chi connectivity index (χ0n) is 21.6.